The van der Waals surface area contributed by atoms with Crippen LogP contribution in [0.2, 0.25) is 0 Å². The summed E-state index contributed by atoms with van der Waals surface area (Å²) in [6.07, 6.45) is 6.69. The second-order valence-corrected chi connectivity index (χ2v) is 14.2. The number of nitrogens with zero attached hydrogens (tertiary/aromatic N) is 1. The van der Waals surface area contributed by atoms with Gasteiger partial charge in [0, 0.05) is 37.2 Å². The van der Waals surface area contributed by atoms with Crippen molar-refractivity contribution in [2.24, 2.45) is 0 Å². The average molecular weight is 636 g/mol. The molecule has 0 bridgehead atoms. The molecule has 0 amide bonds. The normalized spacial score (nSPS) is 13.8. The first-order valence-electron chi connectivity index (χ1n) is 17.3. The second kappa shape index (κ2) is 12.4. The van der Waals surface area contributed by atoms with Crippen LogP contribution < -0.4 is 4.90 Å². The van der Waals surface area contributed by atoms with E-state index in [0.717, 1.165) is 5.69 Å². The molecule has 9 rings (SSSR count). The molecule has 1 nitrogen and oxygen atoms in total. The Morgan fingerprint density at radius 3 is 1.92 bits per heavy atom. The van der Waals surface area contributed by atoms with Crippen LogP contribution in [0.4, 0.5) is 17.1 Å². The van der Waals surface area contributed by atoms with Gasteiger partial charge in [-0.25, -0.2) is 0 Å². The second-order valence-electron chi connectivity index (χ2n) is 13.2. The molecule has 2 heteroatoms. The van der Waals surface area contributed by atoms with Crippen LogP contribution in [0.1, 0.15) is 43.6 Å². The summed E-state index contributed by atoms with van der Waals surface area (Å²) in [5.41, 5.74) is 9.98. The van der Waals surface area contributed by atoms with Crippen molar-refractivity contribution in [2.75, 3.05) is 4.90 Å². The van der Waals surface area contributed by atoms with Crippen LogP contribution in [0.15, 0.2) is 158 Å². The lowest BCUT2D eigenvalue weighted by molar-refractivity contribution is 0.443. The minimum absolute atomic E-state index is 0.685. The van der Waals surface area contributed by atoms with Crippen LogP contribution >= 0.6 is 11.3 Å². The zero-order chi connectivity index (χ0) is 31.9. The van der Waals surface area contributed by atoms with Crippen LogP contribution in [-0.4, -0.2) is 0 Å². The minimum Gasteiger partial charge on any atom is -0.310 e. The number of anilines is 3. The Kier molecular flexibility index (Phi) is 7.52. The van der Waals surface area contributed by atoms with Crippen molar-refractivity contribution in [3.8, 4) is 22.3 Å². The van der Waals surface area contributed by atoms with Crippen molar-refractivity contribution in [1.82, 2.24) is 0 Å². The molecule has 0 saturated heterocycles. The van der Waals surface area contributed by atoms with Gasteiger partial charge in [-0.3, -0.25) is 0 Å². The van der Waals surface area contributed by atoms with E-state index in [1.165, 1.54) is 102 Å². The lowest BCUT2D eigenvalue weighted by Gasteiger charge is -2.27. The molecule has 1 saturated carbocycles. The van der Waals surface area contributed by atoms with E-state index in [1.54, 1.807) is 0 Å². The van der Waals surface area contributed by atoms with Gasteiger partial charge in [0.25, 0.3) is 0 Å². The summed E-state index contributed by atoms with van der Waals surface area (Å²) in [6, 6.07) is 58.5. The van der Waals surface area contributed by atoms with Gasteiger partial charge in [0.05, 0.1) is 0 Å². The van der Waals surface area contributed by atoms with Crippen molar-refractivity contribution in [1.29, 1.82) is 0 Å². The van der Waals surface area contributed by atoms with Crippen LogP contribution in [0.3, 0.4) is 0 Å². The molecule has 1 aliphatic rings. The molecule has 1 heterocycles. The molecule has 8 aromatic rings. The molecule has 1 fully saturated rings. The van der Waals surface area contributed by atoms with E-state index in [4.69, 9.17) is 0 Å². The van der Waals surface area contributed by atoms with E-state index in [2.05, 4.69) is 163 Å². The standard InChI is InChI=1S/C46H37NS/c1-3-12-32(13-4-1)33-24-26-37(27-25-33)47(39-28-29-43-42-20-7-8-23-44(42)48-45(43)31-39)38-19-9-18-36(30-38)41-22-11-17-35-16-10-21-40(46(35)41)34-14-5-2-6-15-34/h2,5-11,14-32H,1,3-4,12-13H2. The highest BCUT2D eigenvalue weighted by Crippen LogP contribution is 2.43. The lowest BCUT2D eigenvalue weighted by atomic mass is 9.84. The van der Waals surface area contributed by atoms with E-state index in [-0.39, 0.29) is 0 Å². The summed E-state index contributed by atoms with van der Waals surface area (Å²) in [7, 11) is 0. The third-order valence-corrected chi connectivity index (χ3v) is 11.4. The van der Waals surface area contributed by atoms with Gasteiger partial charge in [0.2, 0.25) is 0 Å². The van der Waals surface area contributed by atoms with Crippen LogP contribution in [0.5, 0.6) is 0 Å². The zero-order valence-corrected chi connectivity index (χ0v) is 27.8. The van der Waals surface area contributed by atoms with Gasteiger partial charge >= 0.3 is 0 Å². The summed E-state index contributed by atoms with van der Waals surface area (Å²) >= 11 is 1.88. The van der Waals surface area contributed by atoms with E-state index in [9.17, 15) is 0 Å². The highest BCUT2D eigenvalue weighted by atomic mass is 32.1. The SMILES string of the molecule is c1ccc(-c2cccc3cccc(-c4cccc(N(c5ccc(C6CCCCC6)cc5)c5ccc6c(c5)sc5ccccc56)c4)c23)cc1. The number of thiophene rings is 1. The summed E-state index contributed by atoms with van der Waals surface area (Å²) in [6.45, 7) is 0. The molecule has 1 aliphatic carbocycles. The van der Waals surface area contributed by atoms with E-state index >= 15 is 0 Å². The van der Waals surface area contributed by atoms with Crippen molar-refractivity contribution in [3.05, 3.63) is 163 Å². The van der Waals surface area contributed by atoms with Gasteiger partial charge in [0.1, 0.15) is 0 Å². The third kappa shape index (κ3) is 5.27. The summed E-state index contributed by atoms with van der Waals surface area (Å²) < 4.78 is 2.65. The van der Waals surface area contributed by atoms with Gasteiger partial charge in [-0.15, -0.1) is 11.3 Å². The third-order valence-electron chi connectivity index (χ3n) is 10.3. The van der Waals surface area contributed by atoms with Gasteiger partial charge < -0.3 is 4.90 Å². The summed E-state index contributed by atoms with van der Waals surface area (Å²) in [5, 5.41) is 5.20. The molecular weight excluding hydrogens is 599 g/mol. The molecule has 232 valence electrons. The fourth-order valence-corrected chi connectivity index (χ4v) is 9.02. The Hall–Kier alpha value is -5.18. The lowest BCUT2D eigenvalue weighted by Crippen LogP contribution is -2.10. The first-order chi connectivity index (χ1) is 23.8. The van der Waals surface area contributed by atoms with E-state index in [0.29, 0.717) is 5.92 Å². The Morgan fingerprint density at radius 2 is 1.10 bits per heavy atom. The highest BCUT2D eigenvalue weighted by molar-refractivity contribution is 7.25. The zero-order valence-electron chi connectivity index (χ0n) is 27.0. The van der Waals surface area contributed by atoms with Gasteiger partial charge in [-0.1, -0.05) is 135 Å². The average Bonchev–Trinajstić information content (AvgIpc) is 3.54. The van der Waals surface area contributed by atoms with Crippen molar-refractivity contribution >= 4 is 59.3 Å². The molecule has 0 aliphatic heterocycles. The largest absolute Gasteiger partial charge is 0.310 e. The maximum Gasteiger partial charge on any atom is 0.0476 e. The number of hydrogen-bond donors (Lipinski definition) is 0. The maximum atomic E-state index is 2.45. The maximum absolute atomic E-state index is 2.45. The molecule has 0 unspecified atom stereocenters. The van der Waals surface area contributed by atoms with Crippen molar-refractivity contribution < 1.29 is 0 Å². The van der Waals surface area contributed by atoms with Crippen LogP contribution in [-0.2, 0) is 0 Å². The van der Waals surface area contributed by atoms with Crippen molar-refractivity contribution in [3.63, 3.8) is 0 Å². The van der Waals surface area contributed by atoms with Gasteiger partial charge in [-0.2, -0.15) is 0 Å². The molecule has 1 aromatic heterocycles. The van der Waals surface area contributed by atoms with E-state index < -0.39 is 0 Å². The molecular formula is C46H37NS. The topological polar surface area (TPSA) is 3.24 Å². The number of benzene rings is 7. The van der Waals surface area contributed by atoms with Crippen LogP contribution in [0.25, 0.3) is 53.2 Å². The quantitative estimate of drug-likeness (QED) is 0.176. The van der Waals surface area contributed by atoms with Gasteiger partial charge in [-0.05, 0) is 99.8 Å². The first-order valence-corrected chi connectivity index (χ1v) is 18.1. The molecule has 0 spiro atoms. The Morgan fingerprint density at radius 1 is 0.458 bits per heavy atom. The van der Waals surface area contributed by atoms with E-state index in [1.807, 2.05) is 11.3 Å². The molecule has 7 aromatic carbocycles. The fraction of sp³-hybridized carbons (Fsp3) is 0.130. The Balaban J connectivity index is 1.20. The summed E-state index contributed by atoms with van der Waals surface area (Å²) in [5.74, 6) is 0.685. The monoisotopic (exact) mass is 635 g/mol. The predicted octanol–water partition coefficient (Wildman–Crippen LogP) is 14.1. The Bertz CT molecular complexity index is 2370. The molecule has 0 atom stereocenters. The summed E-state index contributed by atoms with van der Waals surface area (Å²) in [4.78, 5) is 2.45. The van der Waals surface area contributed by atoms with Crippen molar-refractivity contribution in [2.45, 2.75) is 38.0 Å². The number of hydrogen-bond acceptors (Lipinski definition) is 2. The smallest absolute Gasteiger partial charge is 0.0476 e. The first kappa shape index (κ1) is 29.0. The molecule has 48 heavy (non-hydrogen) atoms. The fourth-order valence-electron chi connectivity index (χ4n) is 7.88. The van der Waals surface area contributed by atoms with Gasteiger partial charge in [0.15, 0.2) is 0 Å². The Labute approximate surface area is 286 Å². The minimum atomic E-state index is 0.685. The molecule has 0 N–H and O–H groups in total. The predicted molar refractivity (Wildman–Crippen MR) is 208 cm³/mol. The molecule has 0 radical (unpaired) electrons. The number of fused-ring (bicyclic) bond motifs is 4. The highest BCUT2D eigenvalue weighted by Gasteiger charge is 2.19. The van der Waals surface area contributed by atoms with Crippen LogP contribution in [0, 0.1) is 0 Å². The number of rotatable bonds is 6.